The first-order chi connectivity index (χ1) is 9.33. The average Bonchev–Trinajstić information content (AvgIpc) is 2.76. The van der Waals surface area contributed by atoms with E-state index in [0.717, 1.165) is 19.4 Å². The molecule has 2 heterocycles. The molecule has 1 saturated heterocycles. The van der Waals surface area contributed by atoms with Crippen molar-refractivity contribution in [1.82, 2.24) is 0 Å². The molecule has 0 saturated carbocycles. The van der Waals surface area contributed by atoms with Gasteiger partial charge in [0.1, 0.15) is 0 Å². The van der Waals surface area contributed by atoms with E-state index in [0.29, 0.717) is 6.04 Å². The minimum atomic E-state index is 0.282. The summed E-state index contributed by atoms with van der Waals surface area (Å²) in [7, 11) is 0. The molecule has 0 radical (unpaired) electrons. The molecule has 2 atom stereocenters. The quantitative estimate of drug-likeness (QED) is 0.779. The Kier molecular flexibility index (Phi) is 2.39. The van der Waals surface area contributed by atoms with Crippen molar-refractivity contribution in [1.29, 1.82) is 0 Å². The van der Waals surface area contributed by atoms with E-state index in [1.165, 1.54) is 22.4 Å². The number of anilines is 1. The zero-order chi connectivity index (χ0) is 12.8. The van der Waals surface area contributed by atoms with Gasteiger partial charge in [0.05, 0.1) is 6.04 Å². The third-order valence-corrected chi connectivity index (χ3v) is 4.43. The molecule has 0 spiro atoms. The van der Waals surface area contributed by atoms with E-state index in [9.17, 15) is 0 Å². The topological polar surface area (TPSA) is 29.3 Å². The lowest BCUT2D eigenvalue weighted by Gasteiger charge is -2.26. The van der Waals surface area contributed by atoms with Gasteiger partial charge in [0.2, 0.25) is 0 Å². The second-order valence-corrected chi connectivity index (χ2v) is 5.67. The smallest absolute Gasteiger partial charge is 0.0561 e. The molecule has 0 aliphatic carbocycles. The fraction of sp³-hybridized carbons (Fsp3) is 0.294. The second-order valence-electron chi connectivity index (χ2n) is 5.67. The molecule has 4 rings (SSSR count). The molecule has 1 fully saturated rings. The van der Waals surface area contributed by atoms with Gasteiger partial charge in [0.15, 0.2) is 0 Å². The van der Waals surface area contributed by atoms with Crippen LogP contribution in [0.4, 0.5) is 5.69 Å². The SMILES string of the molecule is NC1CC2c3ccccc3Cc3ccccc3N2C1. The van der Waals surface area contributed by atoms with Gasteiger partial charge >= 0.3 is 0 Å². The summed E-state index contributed by atoms with van der Waals surface area (Å²) in [5.74, 6) is 0. The summed E-state index contributed by atoms with van der Waals surface area (Å²) in [5.41, 5.74) is 11.9. The Morgan fingerprint density at radius 1 is 0.947 bits per heavy atom. The highest BCUT2D eigenvalue weighted by Gasteiger charge is 2.35. The van der Waals surface area contributed by atoms with Crippen molar-refractivity contribution >= 4 is 5.69 Å². The third-order valence-electron chi connectivity index (χ3n) is 4.43. The lowest BCUT2D eigenvalue weighted by atomic mass is 9.95. The standard InChI is InChI=1S/C17H18N2/c18-14-10-17-15-7-3-1-5-12(15)9-13-6-2-4-8-16(13)19(17)11-14/h1-8,14,17H,9-11,18H2. The maximum absolute atomic E-state index is 6.22. The Hall–Kier alpha value is -1.80. The molecule has 0 amide bonds. The third kappa shape index (κ3) is 1.67. The van der Waals surface area contributed by atoms with E-state index in [2.05, 4.69) is 53.4 Å². The van der Waals surface area contributed by atoms with E-state index in [1.807, 2.05) is 0 Å². The molecular weight excluding hydrogens is 232 g/mol. The van der Waals surface area contributed by atoms with Crippen LogP contribution < -0.4 is 10.6 Å². The first kappa shape index (κ1) is 11.1. The Bertz CT molecular complexity index is 567. The maximum atomic E-state index is 6.22. The largest absolute Gasteiger partial charge is 0.363 e. The van der Waals surface area contributed by atoms with Crippen LogP contribution in [0.15, 0.2) is 48.5 Å². The zero-order valence-corrected chi connectivity index (χ0v) is 10.9. The van der Waals surface area contributed by atoms with Crippen molar-refractivity contribution in [2.24, 2.45) is 5.73 Å². The molecule has 2 heteroatoms. The van der Waals surface area contributed by atoms with E-state index >= 15 is 0 Å². The van der Waals surface area contributed by atoms with Crippen LogP contribution in [0.5, 0.6) is 0 Å². The van der Waals surface area contributed by atoms with Gasteiger partial charge in [-0.2, -0.15) is 0 Å². The van der Waals surface area contributed by atoms with Crippen LogP contribution in [0.1, 0.15) is 29.2 Å². The summed E-state index contributed by atoms with van der Waals surface area (Å²) in [6.45, 7) is 0.968. The van der Waals surface area contributed by atoms with E-state index in [4.69, 9.17) is 5.73 Å². The molecule has 96 valence electrons. The monoisotopic (exact) mass is 250 g/mol. The summed E-state index contributed by atoms with van der Waals surface area (Å²) in [6.07, 6.45) is 2.10. The van der Waals surface area contributed by atoms with Crippen molar-refractivity contribution in [3.8, 4) is 0 Å². The molecule has 2 aliphatic heterocycles. The number of hydrogen-bond acceptors (Lipinski definition) is 2. The fourth-order valence-corrected chi connectivity index (χ4v) is 3.60. The summed E-state index contributed by atoms with van der Waals surface area (Å²) in [5, 5.41) is 0. The van der Waals surface area contributed by atoms with Gasteiger partial charge < -0.3 is 10.6 Å². The first-order valence-corrected chi connectivity index (χ1v) is 7.01. The average molecular weight is 250 g/mol. The Labute approximate surface area is 113 Å². The Morgan fingerprint density at radius 2 is 1.68 bits per heavy atom. The van der Waals surface area contributed by atoms with E-state index in [-0.39, 0.29) is 6.04 Å². The molecule has 2 aromatic carbocycles. The highest BCUT2D eigenvalue weighted by molar-refractivity contribution is 5.61. The summed E-state index contributed by atoms with van der Waals surface area (Å²) >= 11 is 0. The van der Waals surface area contributed by atoms with Crippen molar-refractivity contribution < 1.29 is 0 Å². The first-order valence-electron chi connectivity index (χ1n) is 7.01. The van der Waals surface area contributed by atoms with Crippen molar-refractivity contribution in [3.63, 3.8) is 0 Å². The number of rotatable bonds is 0. The highest BCUT2D eigenvalue weighted by Crippen LogP contribution is 2.42. The van der Waals surface area contributed by atoms with Gasteiger partial charge in [-0.25, -0.2) is 0 Å². The van der Waals surface area contributed by atoms with Gasteiger partial charge in [-0.05, 0) is 35.6 Å². The van der Waals surface area contributed by atoms with Crippen LogP contribution in [-0.4, -0.2) is 12.6 Å². The highest BCUT2D eigenvalue weighted by atomic mass is 15.2. The van der Waals surface area contributed by atoms with Crippen LogP contribution in [0.2, 0.25) is 0 Å². The number of hydrogen-bond donors (Lipinski definition) is 1. The second kappa shape index (κ2) is 4.10. The van der Waals surface area contributed by atoms with Crippen LogP contribution in [0.3, 0.4) is 0 Å². The van der Waals surface area contributed by atoms with Gasteiger partial charge in [0, 0.05) is 18.3 Å². The number of nitrogens with zero attached hydrogens (tertiary/aromatic N) is 1. The van der Waals surface area contributed by atoms with Crippen LogP contribution in [0, 0.1) is 0 Å². The van der Waals surface area contributed by atoms with Gasteiger partial charge in [-0.3, -0.25) is 0 Å². The molecule has 0 bridgehead atoms. The molecule has 2 N–H and O–H groups in total. The van der Waals surface area contributed by atoms with Gasteiger partial charge in [-0.15, -0.1) is 0 Å². The normalized spacial score (nSPS) is 24.4. The predicted octanol–water partition coefficient (Wildman–Crippen LogP) is 2.87. The lowest BCUT2D eigenvalue weighted by Crippen LogP contribution is -2.27. The molecule has 0 aromatic heterocycles. The minimum absolute atomic E-state index is 0.282. The predicted molar refractivity (Wildman–Crippen MR) is 78.4 cm³/mol. The Morgan fingerprint density at radius 3 is 2.58 bits per heavy atom. The van der Waals surface area contributed by atoms with Crippen molar-refractivity contribution in [2.75, 3.05) is 11.4 Å². The number of para-hydroxylation sites is 1. The van der Waals surface area contributed by atoms with E-state index in [1.54, 1.807) is 0 Å². The Balaban J connectivity index is 1.93. The van der Waals surface area contributed by atoms with E-state index < -0.39 is 0 Å². The molecule has 2 aromatic rings. The van der Waals surface area contributed by atoms with Crippen LogP contribution in [0.25, 0.3) is 0 Å². The summed E-state index contributed by atoms with van der Waals surface area (Å²) < 4.78 is 0. The lowest BCUT2D eigenvalue weighted by molar-refractivity contribution is 0.678. The molecule has 19 heavy (non-hydrogen) atoms. The molecular formula is C17H18N2. The van der Waals surface area contributed by atoms with Crippen LogP contribution in [-0.2, 0) is 6.42 Å². The van der Waals surface area contributed by atoms with Gasteiger partial charge in [-0.1, -0.05) is 42.5 Å². The van der Waals surface area contributed by atoms with Crippen molar-refractivity contribution in [2.45, 2.75) is 24.9 Å². The molecule has 2 aliphatic rings. The number of fused-ring (bicyclic) bond motifs is 5. The molecule has 2 nitrogen and oxygen atoms in total. The summed E-state index contributed by atoms with van der Waals surface area (Å²) in [6, 6.07) is 18.3. The zero-order valence-electron chi connectivity index (χ0n) is 10.9. The fourth-order valence-electron chi connectivity index (χ4n) is 3.60. The van der Waals surface area contributed by atoms with Crippen molar-refractivity contribution in [3.05, 3.63) is 65.2 Å². The minimum Gasteiger partial charge on any atom is -0.363 e. The number of benzene rings is 2. The maximum Gasteiger partial charge on any atom is 0.0561 e. The van der Waals surface area contributed by atoms with Gasteiger partial charge in [0.25, 0.3) is 0 Å². The summed E-state index contributed by atoms with van der Waals surface area (Å²) in [4.78, 5) is 2.51. The molecule has 2 unspecified atom stereocenters. The van der Waals surface area contributed by atoms with Crippen LogP contribution >= 0.6 is 0 Å². The number of nitrogens with two attached hydrogens (primary N) is 1.